The fourth-order valence-corrected chi connectivity index (χ4v) is 2.85. The van der Waals surface area contributed by atoms with Gasteiger partial charge in [-0.3, -0.25) is 14.6 Å². The third-order valence-corrected chi connectivity index (χ3v) is 4.27. The van der Waals surface area contributed by atoms with E-state index in [1.807, 2.05) is 27.7 Å². The number of aromatic nitrogens is 1. The Balaban J connectivity index is 3.03. The van der Waals surface area contributed by atoms with Gasteiger partial charge in [0, 0.05) is 18.5 Å². The first kappa shape index (κ1) is 15.2. The van der Waals surface area contributed by atoms with Gasteiger partial charge in [-0.25, -0.2) is 0 Å². The smallest absolute Gasteiger partial charge is 0.307 e. The van der Waals surface area contributed by atoms with Crippen LogP contribution in [-0.4, -0.2) is 21.8 Å². The van der Waals surface area contributed by atoms with Crippen LogP contribution in [0.5, 0.6) is 0 Å². The number of fused-ring (bicyclic) bond motifs is 1. The number of aryl methyl sites for hydroxylation is 2. The van der Waals surface area contributed by atoms with Crippen LogP contribution in [0.15, 0.2) is 6.20 Å². The fourth-order valence-electron chi connectivity index (χ4n) is 2.85. The summed E-state index contributed by atoms with van der Waals surface area (Å²) < 4.78 is 0. The molecule has 1 N–H and O–H groups in total. The lowest BCUT2D eigenvalue weighted by Gasteiger charge is -2.18. The molecule has 0 amide bonds. The second-order valence-electron chi connectivity index (χ2n) is 5.51. The lowest BCUT2D eigenvalue weighted by Crippen LogP contribution is -2.08. The Bertz CT molecular complexity index is 776. The Labute approximate surface area is 123 Å². The van der Waals surface area contributed by atoms with Crippen LogP contribution in [0.1, 0.15) is 45.2 Å². The SMILES string of the molecule is CC(=O)c1ncc(CC(=O)O)c2c(C)c(C)c(C)c(C)c12. The molecule has 0 bridgehead atoms. The van der Waals surface area contributed by atoms with E-state index in [9.17, 15) is 9.59 Å². The van der Waals surface area contributed by atoms with Crippen LogP contribution in [0.25, 0.3) is 10.8 Å². The van der Waals surface area contributed by atoms with Gasteiger partial charge in [0.25, 0.3) is 0 Å². The van der Waals surface area contributed by atoms with Crippen molar-refractivity contribution in [1.82, 2.24) is 4.98 Å². The number of carbonyl (C=O) groups is 2. The van der Waals surface area contributed by atoms with Crippen LogP contribution in [0, 0.1) is 27.7 Å². The maximum absolute atomic E-state index is 11.9. The zero-order chi connectivity index (χ0) is 15.9. The minimum absolute atomic E-state index is 0.0928. The van der Waals surface area contributed by atoms with Gasteiger partial charge in [-0.2, -0.15) is 0 Å². The first-order chi connectivity index (χ1) is 9.75. The molecule has 0 fully saturated rings. The highest BCUT2D eigenvalue weighted by molar-refractivity contribution is 6.09. The summed E-state index contributed by atoms with van der Waals surface area (Å²) in [4.78, 5) is 27.2. The third-order valence-electron chi connectivity index (χ3n) is 4.27. The lowest BCUT2D eigenvalue weighted by atomic mass is 9.88. The van der Waals surface area contributed by atoms with Crippen molar-refractivity contribution in [3.05, 3.63) is 39.7 Å². The molecular weight excluding hydrogens is 266 g/mol. The van der Waals surface area contributed by atoms with Crippen molar-refractivity contribution in [2.75, 3.05) is 0 Å². The number of ketones is 1. The zero-order valence-electron chi connectivity index (χ0n) is 13.0. The highest BCUT2D eigenvalue weighted by Gasteiger charge is 2.19. The van der Waals surface area contributed by atoms with Gasteiger partial charge in [0.15, 0.2) is 5.78 Å². The lowest BCUT2D eigenvalue weighted by molar-refractivity contribution is -0.136. The maximum Gasteiger partial charge on any atom is 0.307 e. The molecule has 0 radical (unpaired) electrons. The van der Waals surface area contributed by atoms with Crippen LogP contribution in [0.4, 0.5) is 0 Å². The molecule has 0 atom stereocenters. The van der Waals surface area contributed by atoms with E-state index >= 15 is 0 Å². The Morgan fingerprint density at radius 1 is 1.00 bits per heavy atom. The monoisotopic (exact) mass is 285 g/mol. The van der Waals surface area contributed by atoms with E-state index in [1.165, 1.54) is 13.1 Å². The van der Waals surface area contributed by atoms with Crippen molar-refractivity contribution in [3.63, 3.8) is 0 Å². The summed E-state index contributed by atoms with van der Waals surface area (Å²) in [5.41, 5.74) is 5.35. The van der Waals surface area contributed by atoms with Gasteiger partial charge in [0.05, 0.1) is 6.42 Å². The maximum atomic E-state index is 11.9. The van der Waals surface area contributed by atoms with Gasteiger partial charge >= 0.3 is 5.97 Å². The number of pyridine rings is 1. The van der Waals surface area contributed by atoms with Crippen molar-refractivity contribution in [2.24, 2.45) is 0 Å². The van der Waals surface area contributed by atoms with Crippen molar-refractivity contribution >= 4 is 22.5 Å². The van der Waals surface area contributed by atoms with E-state index in [1.54, 1.807) is 0 Å². The van der Waals surface area contributed by atoms with E-state index in [0.717, 1.165) is 33.0 Å². The third kappa shape index (κ3) is 2.42. The molecule has 1 heterocycles. The minimum atomic E-state index is -0.899. The number of rotatable bonds is 3. The van der Waals surface area contributed by atoms with E-state index in [0.29, 0.717) is 11.3 Å². The molecule has 0 saturated carbocycles. The average molecular weight is 285 g/mol. The Kier molecular flexibility index (Phi) is 3.81. The Hall–Kier alpha value is -2.23. The molecular formula is C17H19NO3. The van der Waals surface area contributed by atoms with Crippen molar-refractivity contribution in [2.45, 2.75) is 41.0 Å². The van der Waals surface area contributed by atoms with E-state index < -0.39 is 5.97 Å². The number of hydrogen-bond acceptors (Lipinski definition) is 3. The first-order valence-electron chi connectivity index (χ1n) is 6.86. The molecule has 0 aliphatic rings. The van der Waals surface area contributed by atoms with Crippen molar-refractivity contribution < 1.29 is 14.7 Å². The van der Waals surface area contributed by atoms with Crippen LogP contribution in [0.2, 0.25) is 0 Å². The molecule has 21 heavy (non-hydrogen) atoms. The molecule has 0 aliphatic heterocycles. The Morgan fingerprint density at radius 2 is 1.52 bits per heavy atom. The first-order valence-corrected chi connectivity index (χ1v) is 6.86. The number of hydrogen-bond donors (Lipinski definition) is 1. The zero-order valence-corrected chi connectivity index (χ0v) is 13.0. The van der Waals surface area contributed by atoms with Crippen molar-refractivity contribution in [3.8, 4) is 0 Å². The van der Waals surface area contributed by atoms with Gasteiger partial charge in [0.2, 0.25) is 0 Å². The fraction of sp³-hybridized carbons (Fsp3) is 0.353. The predicted octanol–water partition coefficient (Wildman–Crippen LogP) is 3.30. The summed E-state index contributed by atoms with van der Waals surface area (Å²) in [6, 6.07) is 0. The number of carboxylic acid groups (broad SMARTS) is 1. The summed E-state index contributed by atoms with van der Waals surface area (Å²) >= 11 is 0. The van der Waals surface area contributed by atoms with E-state index in [-0.39, 0.29) is 12.2 Å². The van der Waals surface area contributed by atoms with Crippen molar-refractivity contribution in [1.29, 1.82) is 0 Å². The number of nitrogens with zero attached hydrogens (tertiary/aromatic N) is 1. The predicted molar refractivity (Wildman–Crippen MR) is 82.0 cm³/mol. The number of carboxylic acids is 1. The minimum Gasteiger partial charge on any atom is -0.481 e. The largest absolute Gasteiger partial charge is 0.481 e. The van der Waals surface area contributed by atoms with Gasteiger partial charge in [-0.15, -0.1) is 0 Å². The van der Waals surface area contributed by atoms with E-state index in [4.69, 9.17) is 5.11 Å². The molecule has 4 nitrogen and oxygen atoms in total. The number of aliphatic carboxylic acids is 1. The van der Waals surface area contributed by atoms with Gasteiger partial charge in [-0.05, 0) is 60.9 Å². The molecule has 1 aromatic carbocycles. The topological polar surface area (TPSA) is 67.3 Å². The molecule has 0 saturated heterocycles. The number of carbonyl (C=O) groups excluding carboxylic acids is 1. The highest BCUT2D eigenvalue weighted by atomic mass is 16.4. The molecule has 1 aromatic heterocycles. The normalized spacial score (nSPS) is 10.9. The quantitative estimate of drug-likeness (QED) is 0.879. The van der Waals surface area contributed by atoms with Crippen LogP contribution >= 0.6 is 0 Å². The van der Waals surface area contributed by atoms with Gasteiger partial charge in [0.1, 0.15) is 5.69 Å². The summed E-state index contributed by atoms with van der Waals surface area (Å²) in [7, 11) is 0. The molecule has 4 heteroatoms. The number of benzene rings is 1. The average Bonchev–Trinajstić information content (AvgIpc) is 2.41. The summed E-state index contributed by atoms with van der Waals surface area (Å²) in [6.45, 7) is 9.46. The standard InChI is InChI=1S/C17H19NO3/c1-8-9(2)11(4)16-15(10(8)3)13(6-14(20)21)7-18-17(16)12(5)19/h7H,6H2,1-5H3,(H,20,21). The Morgan fingerprint density at radius 3 is 2.00 bits per heavy atom. The molecule has 0 spiro atoms. The molecule has 2 rings (SSSR count). The van der Waals surface area contributed by atoms with Gasteiger partial charge < -0.3 is 5.11 Å². The molecule has 110 valence electrons. The van der Waals surface area contributed by atoms with E-state index in [2.05, 4.69) is 4.98 Å². The summed E-state index contributed by atoms with van der Waals surface area (Å²) in [5, 5.41) is 10.7. The number of Topliss-reactive ketones (excluding diaryl/α,β-unsaturated/α-hetero) is 1. The van der Waals surface area contributed by atoms with Crippen LogP contribution in [0.3, 0.4) is 0 Å². The summed E-state index contributed by atoms with van der Waals surface area (Å²) in [6.07, 6.45) is 1.43. The molecule has 0 aliphatic carbocycles. The second-order valence-corrected chi connectivity index (χ2v) is 5.51. The van der Waals surface area contributed by atoms with Crippen LogP contribution in [-0.2, 0) is 11.2 Å². The highest BCUT2D eigenvalue weighted by Crippen LogP contribution is 2.33. The molecule has 0 unspecified atom stereocenters. The van der Waals surface area contributed by atoms with Gasteiger partial charge in [-0.1, -0.05) is 0 Å². The summed E-state index contributed by atoms with van der Waals surface area (Å²) in [5.74, 6) is -1.00. The second kappa shape index (κ2) is 5.28. The van der Waals surface area contributed by atoms with Crippen LogP contribution < -0.4 is 0 Å². The molecule has 2 aromatic rings.